The molecule has 0 unspecified atom stereocenters. The number of anilines is 1. The van der Waals surface area contributed by atoms with Crippen LogP contribution in [0.25, 0.3) is 0 Å². The van der Waals surface area contributed by atoms with Crippen LogP contribution in [0.15, 0.2) is 12.1 Å². The van der Waals surface area contributed by atoms with Crippen LogP contribution in [-0.2, 0) is 14.3 Å². The molecule has 4 nitrogen and oxygen atoms in total. The zero-order valence-electron chi connectivity index (χ0n) is 10.1. The van der Waals surface area contributed by atoms with Crippen molar-refractivity contribution < 1.29 is 18.7 Å². The fourth-order valence-corrected chi connectivity index (χ4v) is 1.87. The lowest BCUT2D eigenvalue weighted by atomic mass is 10.2. The van der Waals surface area contributed by atoms with Gasteiger partial charge in [-0.25, -0.2) is 4.39 Å². The number of ether oxygens (including phenoxy) is 1. The van der Waals surface area contributed by atoms with E-state index in [2.05, 4.69) is 10.1 Å². The molecule has 19 heavy (non-hydrogen) atoms. The zero-order chi connectivity index (χ0) is 14.4. The lowest BCUT2D eigenvalue weighted by Crippen LogP contribution is -2.15. The number of amides is 1. The van der Waals surface area contributed by atoms with Crippen LogP contribution in [0.4, 0.5) is 10.1 Å². The van der Waals surface area contributed by atoms with Crippen molar-refractivity contribution in [3.8, 4) is 0 Å². The number of hydrogen-bond acceptors (Lipinski definition) is 3. The number of carbonyl (C=O) groups excluding carboxylic acids is 2. The molecule has 0 aliphatic carbocycles. The van der Waals surface area contributed by atoms with E-state index in [4.69, 9.17) is 23.2 Å². The van der Waals surface area contributed by atoms with Crippen LogP contribution in [0.5, 0.6) is 0 Å². The molecule has 0 bridgehead atoms. The summed E-state index contributed by atoms with van der Waals surface area (Å²) in [6.07, 6.45) is -0.112. The van der Waals surface area contributed by atoms with Crippen molar-refractivity contribution in [1.29, 1.82) is 0 Å². The highest BCUT2D eigenvalue weighted by Gasteiger charge is 2.13. The Kier molecular flexibility index (Phi) is 6.05. The Bertz CT molecular complexity index is 471. The van der Waals surface area contributed by atoms with Gasteiger partial charge in [-0.15, -0.1) is 0 Å². The second kappa shape index (κ2) is 7.31. The number of carbonyl (C=O) groups is 2. The fourth-order valence-electron chi connectivity index (χ4n) is 1.31. The Balaban J connectivity index is 2.60. The summed E-state index contributed by atoms with van der Waals surface area (Å²) in [7, 11) is 0. The van der Waals surface area contributed by atoms with Crippen molar-refractivity contribution in [1.82, 2.24) is 0 Å². The largest absolute Gasteiger partial charge is 0.466 e. The molecule has 1 aromatic carbocycles. The van der Waals surface area contributed by atoms with E-state index < -0.39 is 17.7 Å². The van der Waals surface area contributed by atoms with Gasteiger partial charge in [-0.3, -0.25) is 9.59 Å². The van der Waals surface area contributed by atoms with Crippen LogP contribution in [0.1, 0.15) is 19.8 Å². The number of esters is 1. The van der Waals surface area contributed by atoms with Crippen molar-refractivity contribution in [3.05, 3.63) is 28.0 Å². The summed E-state index contributed by atoms with van der Waals surface area (Å²) < 4.78 is 17.6. The molecule has 0 radical (unpaired) electrons. The summed E-state index contributed by atoms with van der Waals surface area (Å²) in [5, 5.41) is 2.42. The molecule has 0 aromatic heterocycles. The normalized spacial score (nSPS) is 10.1. The molecule has 0 saturated carbocycles. The van der Waals surface area contributed by atoms with Crippen LogP contribution in [-0.4, -0.2) is 18.5 Å². The Labute approximate surface area is 119 Å². The van der Waals surface area contributed by atoms with Gasteiger partial charge in [0.15, 0.2) is 0 Å². The van der Waals surface area contributed by atoms with Gasteiger partial charge in [-0.2, -0.15) is 0 Å². The van der Waals surface area contributed by atoms with E-state index in [9.17, 15) is 14.0 Å². The molecule has 0 fully saturated rings. The maximum Gasteiger partial charge on any atom is 0.306 e. The standard InChI is InChI=1S/C12H12Cl2FNO3/c1-2-19-11(18)4-3-10(17)16-12-8(13)5-7(15)6-9(12)14/h5-6H,2-4H2,1H3,(H,16,17). The van der Waals surface area contributed by atoms with Crippen LogP contribution >= 0.6 is 23.2 Å². The molecule has 0 atom stereocenters. The topological polar surface area (TPSA) is 55.4 Å². The number of nitrogens with one attached hydrogen (secondary N) is 1. The molecule has 7 heteroatoms. The van der Waals surface area contributed by atoms with Crippen LogP contribution in [0.3, 0.4) is 0 Å². The van der Waals surface area contributed by atoms with Crippen LogP contribution < -0.4 is 5.32 Å². The highest BCUT2D eigenvalue weighted by molar-refractivity contribution is 6.39. The summed E-state index contributed by atoms with van der Waals surface area (Å²) >= 11 is 11.5. The summed E-state index contributed by atoms with van der Waals surface area (Å²) in [4.78, 5) is 22.7. The predicted molar refractivity (Wildman–Crippen MR) is 70.9 cm³/mol. The quantitative estimate of drug-likeness (QED) is 0.848. The lowest BCUT2D eigenvalue weighted by Gasteiger charge is -2.09. The lowest BCUT2D eigenvalue weighted by molar-refractivity contribution is -0.144. The van der Waals surface area contributed by atoms with Gasteiger partial charge < -0.3 is 10.1 Å². The highest BCUT2D eigenvalue weighted by atomic mass is 35.5. The fraction of sp³-hybridized carbons (Fsp3) is 0.333. The third-order valence-electron chi connectivity index (χ3n) is 2.13. The van der Waals surface area contributed by atoms with Gasteiger partial charge in [0.05, 0.1) is 28.8 Å². The van der Waals surface area contributed by atoms with Gasteiger partial charge >= 0.3 is 5.97 Å². The van der Waals surface area contributed by atoms with E-state index in [0.29, 0.717) is 0 Å². The first kappa shape index (κ1) is 15.7. The molecule has 0 aliphatic heterocycles. The van der Waals surface area contributed by atoms with Crippen LogP contribution in [0, 0.1) is 5.82 Å². The average molecular weight is 308 g/mol. The Morgan fingerprint density at radius 3 is 2.37 bits per heavy atom. The van der Waals surface area contributed by atoms with Gasteiger partial charge in [0.25, 0.3) is 0 Å². The van der Waals surface area contributed by atoms with Gasteiger partial charge in [0, 0.05) is 6.42 Å². The van der Waals surface area contributed by atoms with Crippen LogP contribution in [0.2, 0.25) is 10.0 Å². The monoisotopic (exact) mass is 307 g/mol. The average Bonchev–Trinajstić information content (AvgIpc) is 2.31. The molecule has 0 heterocycles. The van der Waals surface area contributed by atoms with Crippen molar-refractivity contribution in [2.45, 2.75) is 19.8 Å². The van der Waals surface area contributed by atoms with E-state index in [1.165, 1.54) is 0 Å². The van der Waals surface area contributed by atoms with Crippen molar-refractivity contribution >= 4 is 40.8 Å². The molecule has 0 saturated heterocycles. The first-order valence-corrected chi connectivity index (χ1v) is 6.29. The number of benzene rings is 1. The third kappa shape index (κ3) is 5.04. The highest BCUT2D eigenvalue weighted by Crippen LogP contribution is 2.31. The molecule has 1 amide bonds. The molecule has 104 valence electrons. The summed E-state index contributed by atoms with van der Waals surface area (Å²) in [5.41, 5.74) is 0.124. The number of halogens is 3. The Hall–Kier alpha value is -1.33. The molecule has 1 aromatic rings. The van der Waals surface area contributed by atoms with E-state index in [-0.39, 0.29) is 35.2 Å². The first-order valence-electron chi connectivity index (χ1n) is 5.54. The van der Waals surface area contributed by atoms with E-state index in [1.54, 1.807) is 6.92 Å². The maximum absolute atomic E-state index is 12.9. The SMILES string of the molecule is CCOC(=O)CCC(=O)Nc1c(Cl)cc(F)cc1Cl. The number of hydrogen-bond donors (Lipinski definition) is 1. The van der Waals surface area contributed by atoms with E-state index >= 15 is 0 Å². The maximum atomic E-state index is 12.9. The molecular formula is C12H12Cl2FNO3. The van der Waals surface area contributed by atoms with E-state index in [1.807, 2.05) is 0 Å². The smallest absolute Gasteiger partial charge is 0.306 e. The number of rotatable bonds is 5. The first-order chi connectivity index (χ1) is 8.93. The minimum atomic E-state index is -0.598. The van der Waals surface area contributed by atoms with Gasteiger partial charge in [-0.05, 0) is 19.1 Å². The van der Waals surface area contributed by atoms with Crippen molar-refractivity contribution in [3.63, 3.8) is 0 Å². The second-order valence-corrected chi connectivity index (χ2v) is 4.41. The molecule has 0 spiro atoms. The summed E-state index contributed by atoms with van der Waals surface area (Å²) in [6.45, 7) is 1.94. The molecule has 1 N–H and O–H groups in total. The Morgan fingerprint density at radius 1 is 1.26 bits per heavy atom. The van der Waals surface area contributed by atoms with Crippen molar-refractivity contribution in [2.75, 3.05) is 11.9 Å². The zero-order valence-corrected chi connectivity index (χ0v) is 11.6. The molecular weight excluding hydrogens is 296 g/mol. The second-order valence-electron chi connectivity index (χ2n) is 3.60. The summed E-state index contributed by atoms with van der Waals surface area (Å²) in [6, 6.07) is 2.07. The minimum absolute atomic E-state index is 0.00511. The molecule has 0 aliphatic rings. The van der Waals surface area contributed by atoms with Gasteiger partial charge in [0.2, 0.25) is 5.91 Å². The van der Waals surface area contributed by atoms with E-state index in [0.717, 1.165) is 12.1 Å². The molecule has 1 rings (SSSR count). The van der Waals surface area contributed by atoms with Crippen molar-refractivity contribution in [2.24, 2.45) is 0 Å². The van der Waals surface area contributed by atoms with Gasteiger partial charge in [0.1, 0.15) is 5.82 Å². The predicted octanol–water partition coefficient (Wildman–Crippen LogP) is 3.41. The Morgan fingerprint density at radius 2 is 1.84 bits per heavy atom. The summed E-state index contributed by atoms with van der Waals surface area (Å²) in [5.74, 6) is -1.52. The van der Waals surface area contributed by atoms with Gasteiger partial charge in [-0.1, -0.05) is 23.2 Å². The minimum Gasteiger partial charge on any atom is -0.466 e. The third-order valence-corrected chi connectivity index (χ3v) is 2.73.